The van der Waals surface area contributed by atoms with Gasteiger partial charge >= 0.3 is 5.97 Å². The second-order valence-corrected chi connectivity index (χ2v) is 5.15. The molecule has 0 spiro atoms. The summed E-state index contributed by atoms with van der Waals surface area (Å²) < 4.78 is 0. The Balaban J connectivity index is 2.41. The molecular formula is C13H17ClN2O2. The lowest BCUT2D eigenvalue weighted by Gasteiger charge is -2.40. The normalized spacial score (nSPS) is 21.1. The molecule has 0 radical (unpaired) electrons. The topological polar surface area (TPSA) is 43.8 Å². The molecule has 2 rings (SSSR count). The van der Waals surface area contributed by atoms with E-state index in [1.54, 1.807) is 18.2 Å². The number of halogens is 1. The molecule has 0 bridgehead atoms. The van der Waals surface area contributed by atoms with Crippen LogP contribution in [0.1, 0.15) is 17.3 Å². The van der Waals surface area contributed by atoms with Gasteiger partial charge in [-0.2, -0.15) is 0 Å². The van der Waals surface area contributed by atoms with Crippen molar-refractivity contribution in [3.8, 4) is 0 Å². The van der Waals surface area contributed by atoms with Crippen LogP contribution >= 0.6 is 11.6 Å². The molecule has 1 atom stereocenters. The van der Waals surface area contributed by atoms with Gasteiger partial charge in [-0.25, -0.2) is 4.79 Å². The number of carboxylic acid groups (broad SMARTS) is 1. The number of aromatic carboxylic acids is 1. The van der Waals surface area contributed by atoms with Crippen LogP contribution in [-0.4, -0.2) is 48.7 Å². The first kappa shape index (κ1) is 13.2. The lowest BCUT2D eigenvalue weighted by Crippen LogP contribution is -2.51. The first-order valence-corrected chi connectivity index (χ1v) is 6.35. The van der Waals surface area contributed by atoms with Gasteiger partial charge in [-0.05, 0) is 26.1 Å². The fourth-order valence-corrected chi connectivity index (χ4v) is 2.73. The summed E-state index contributed by atoms with van der Waals surface area (Å²) in [5.41, 5.74) is 0.922. The van der Waals surface area contributed by atoms with Gasteiger partial charge in [-0.1, -0.05) is 17.7 Å². The number of para-hydroxylation sites is 1. The van der Waals surface area contributed by atoms with Gasteiger partial charge in [-0.15, -0.1) is 0 Å². The molecule has 98 valence electrons. The van der Waals surface area contributed by atoms with Crippen molar-refractivity contribution in [3.63, 3.8) is 0 Å². The minimum absolute atomic E-state index is 0.252. The Kier molecular flexibility index (Phi) is 3.78. The molecule has 1 saturated heterocycles. The summed E-state index contributed by atoms with van der Waals surface area (Å²) in [7, 11) is 2.07. The highest BCUT2D eigenvalue weighted by atomic mass is 35.5. The van der Waals surface area contributed by atoms with E-state index in [0.29, 0.717) is 10.7 Å². The van der Waals surface area contributed by atoms with E-state index in [-0.39, 0.29) is 11.6 Å². The smallest absolute Gasteiger partial charge is 0.337 e. The molecule has 1 heterocycles. The Morgan fingerprint density at radius 1 is 1.44 bits per heavy atom. The Bertz CT molecular complexity index is 464. The van der Waals surface area contributed by atoms with E-state index in [1.165, 1.54) is 0 Å². The molecule has 1 N–H and O–H groups in total. The quantitative estimate of drug-likeness (QED) is 0.893. The van der Waals surface area contributed by atoms with E-state index in [1.807, 2.05) is 0 Å². The lowest BCUT2D eigenvalue weighted by molar-refractivity contribution is 0.0697. The summed E-state index contributed by atoms with van der Waals surface area (Å²) in [4.78, 5) is 15.6. The predicted octanol–water partition coefficient (Wildman–Crippen LogP) is 2.18. The van der Waals surface area contributed by atoms with E-state index < -0.39 is 5.97 Å². The molecule has 0 aliphatic carbocycles. The minimum Gasteiger partial charge on any atom is -0.478 e. The van der Waals surface area contributed by atoms with Crippen LogP contribution in [0.3, 0.4) is 0 Å². The van der Waals surface area contributed by atoms with Crippen molar-refractivity contribution >= 4 is 23.3 Å². The minimum atomic E-state index is -0.932. The van der Waals surface area contributed by atoms with Gasteiger partial charge < -0.3 is 14.9 Å². The zero-order valence-electron chi connectivity index (χ0n) is 10.6. The number of carbonyl (C=O) groups is 1. The van der Waals surface area contributed by atoms with Crippen LogP contribution in [0.25, 0.3) is 0 Å². The van der Waals surface area contributed by atoms with Gasteiger partial charge in [0.25, 0.3) is 0 Å². The van der Waals surface area contributed by atoms with Crippen molar-refractivity contribution < 1.29 is 9.90 Å². The van der Waals surface area contributed by atoms with Crippen molar-refractivity contribution in [2.75, 3.05) is 31.6 Å². The van der Waals surface area contributed by atoms with Crippen LogP contribution in [-0.2, 0) is 0 Å². The average molecular weight is 269 g/mol. The fourth-order valence-electron chi connectivity index (χ4n) is 2.45. The Labute approximate surface area is 112 Å². The highest BCUT2D eigenvalue weighted by Gasteiger charge is 2.26. The number of rotatable bonds is 2. The zero-order chi connectivity index (χ0) is 13.3. The van der Waals surface area contributed by atoms with Crippen LogP contribution in [0.15, 0.2) is 18.2 Å². The largest absolute Gasteiger partial charge is 0.478 e. The third-order valence-electron chi connectivity index (χ3n) is 3.33. The molecule has 0 amide bonds. The molecular weight excluding hydrogens is 252 g/mol. The van der Waals surface area contributed by atoms with Gasteiger partial charge in [0, 0.05) is 25.7 Å². The summed E-state index contributed by atoms with van der Waals surface area (Å²) in [6, 6.07) is 5.28. The molecule has 1 unspecified atom stereocenters. The molecule has 0 saturated carbocycles. The second-order valence-electron chi connectivity index (χ2n) is 4.75. The first-order valence-electron chi connectivity index (χ1n) is 5.97. The van der Waals surface area contributed by atoms with Gasteiger partial charge in [-0.3, -0.25) is 0 Å². The molecule has 18 heavy (non-hydrogen) atoms. The fraction of sp³-hybridized carbons (Fsp3) is 0.462. The van der Waals surface area contributed by atoms with Gasteiger partial charge in [0.05, 0.1) is 16.3 Å². The summed E-state index contributed by atoms with van der Waals surface area (Å²) in [5.74, 6) is -0.932. The molecule has 1 fully saturated rings. The maximum absolute atomic E-state index is 11.3. The maximum atomic E-state index is 11.3. The molecule has 1 aromatic rings. The SMILES string of the molecule is CC1CN(C)CCN1c1c(Cl)cccc1C(=O)O. The number of carboxylic acids is 1. The Hall–Kier alpha value is -1.26. The third kappa shape index (κ3) is 2.44. The van der Waals surface area contributed by atoms with E-state index >= 15 is 0 Å². The zero-order valence-corrected chi connectivity index (χ0v) is 11.3. The van der Waals surface area contributed by atoms with Crippen LogP contribution in [0.5, 0.6) is 0 Å². The molecule has 5 heteroatoms. The number of benzene rings is 1. The predicted molar refractivity (Wildman–Crippen MR) is 72.7 cm³/mol. The highest BCUT2D eigenvalue weighted by Crippen LogP contribution is 2.32. The van der Waals surface area contributed by atoms with Crippen LogP contribution < -0.4 is 4.90 Å². The number of nitrogens with zero attached hydrogens (tertiary/aromatic N) is 2. The van der Waals surface area contributed by atoms with Crippen molar-refractivity contribution in [3.05, 3.63) is 28.8 Å². The van der Waals surface area contributed by atoms with Gasteiger partial charge in [0.2, 0.25) is 0 Å². The number of piperazine rings is 1. The van der Waals surface area contributed by atoms with Crippen molar-refractivity contribution in [1.82, 2.24) is 4.90 Å². The molecule has 1 aliphatic heterocycles. The van der Waals surface area contributed by atoms with E-state index in [2.05, 4.69) is 23.8 Å². The average Bonchev–Trinajstić information content (AvgIpc) is 2.29. The summed E-state index contributed by atoms with van der Waals surface area (Å²) in [6.07, 6.45) is 0. The number of likely N-dealkylation sites (N-methyl/N-ethyl adjacent to an activating group) is 1. The van der Waals surface area contributed by atoms with Gasteiger partial charge in [0.1, 0.15) is 0 Å². The molecule has 0 aromatic heterocycles. The molecule has 1 aromatic carbocycles. The third-order valence-corrected chi connectivity index (χ3v) is 3.64. The lowest BCUT2D eigenvalue weighted by atomic mass is 10.1. The van der Waals surface area contributed by atoms with E-state index in [4.69, 9.17) is 11.6 Å². The highest BCUT2D eigenvalue weighted by molar-refractivity contribution is 6.34. The maximum Gasteiger partial charge on any atom is 0.337 e. The van der Waals surface area contributed by atoms with Crippen LogP contribution in [0.2, 0.25) is 5.02 Å². The van der Waals surface area contributed by atoms with Crippen molar-refractivity contribution in [2.45, 2.75) is 13.0 Å². The van der Waals surface area contributed by atoms with E-state index in [9.17, 15) is 9.90 Å². The summed E-state index contributed by atoms with van der Waals surface area (Å²) >= 11 is 6.19. The number of anilines is 1. The monoisotopic (exact) mass is 268 g/mol. The van der Waals surface area contributed by atoms with Crippen molar-refractivity contribution in [2.24, 2.45) is 0 Å². The number of hydrogen-bond donors (Lipinski definition) is 1. The Morgan fingerprint density at radius 3 is 2.78 bits per heavy atom. The van der Waals surface area contributed by atoms with Crippen LogP contribution in [0.4, 0.5) is 5.69 Å². The second kappa shape index (κ2) is 5.16. The van der Waals surface area contributed by atoms with Crippen LogP contribution in [0, 0.1) is 0 Å². The standard InChI is InChI=1S/C13H17ClN2O2/c1-9-8-15(2)6-7-16(9)12-10(13(17)18)4-3-5-11(12)14/h3-5,9H,6-8H2,1-2H3,(H,17,18). The van der Waals surface area contributed by atoms with Crippen molar-refractivity contribution in [1.29, 1.82) is 0 Å². The number of hydrogen-bond acceptors (Lipinski definition) is 3. The van der Waals surface area contributed by atoms with E-state index in [0.717, 1.165) is 19.6 Å². The molecule has 1 aliphatic rings. The Morgan fingerprint density at radius 2 is 2.17 bits per heavy atom. The molecule has 4 nitrogen and oxygen atoms in total. The first-order chi connectivity index (χ1) is 8.50. The summed E-state index contributed by atoms with van der Waals surface area (Å²) in [5, 5.41) is 9.77. The van der Waals surface area contributed by atoms with Gasteiger partial charge in [0.15, 0.2) is 0 Å². The summed E-state index contributed by atoms with van der Waals surface area (Å²) in [6.45, 7) is 4.70.